The number of hydrogen-bond acceptors (Lipinski definition) is 8. The molecular formula is C39H42N4O5S2. The summed E-state index contributed by atoms with van der Waals surface area (Å²) in [6, 6.07) is 23.6. The average molecular weight is 711 g/mol. The molecule has 11 heteroatoms. The summed E-state index contributed by atoms with van der Waals surface area (Å²) in [5.41, 5.74) is 4.25. The van der Waals surface area contributed by atoms with Crippen LogP contribution in [-0.2, 0) is 27.2 Å². The zero-order valence-corrected chi connectivity index (χ0v) is 30.3. The van der Waals surface area contributed by atoms with E-state index >= 15 is 0 Å². The standard InChI is InChI=1S/C39H42N4O5S2/c1-5-32(37(46)42-38-34(39(47)48-6-2)30-17-10-11-18-33(30)50-38)49-29-16-12-15-27(24-29)40-36(45)31(41-35(44)26-13-8-7-9-14-26)23-25-19-21-28(22-20-25)43(3)4/h7-9,12-16,19-24,32H,5-6,10-11,17-18H2,1-4H3,(H,40,45)(H,41,44)(H,42,46)/b31-23+. The summed E-state index contributed by atoms with van der Waals surface area (Å²) in [6.07, 6.45) is 5.93. The Morgan fingerprint density at radius 2 is 1.66 bits per heavy atom. The van der Waals surface area contributed by atoms with Gasteiger partial charge >= 0.3 is 5.97 Å². The SMILES string of the molecule is CCOC(=O)c1c(NC(=O)C(CC)Sc2cccc(NC(=O)/C(=C\c3ccc(N(C)C)cc3)NC(=O)c3ccccc3)c2)sc2c1CCCC2. The number of carbonyl (C=O) groups is 4. The Hall–Kier alpha value is -4.87. The van der Waals surface area contributed by atoms with Crippen molar-refractivity contribution in [2.24, 2.45) is 0 Å². The lowest BCUT2D eigenvalue weighted by Crippen LogP contribution is -2.30. The summed E-state index contributed by atoms with van der Waals surface area (Å²) in [5, 5.41) is 8.83. The first-order valence-corrected chi connectivity index (χ1v) is 18.4. The van der Waals surface area contributed by atoms with Gasteiger partial charge in [-0.15, -0.1) is 23.1 Å². The van der Waals surface area contributed by atoms with E-state index in [2.05, 4.69) is 16.0 Å². The third-order valence-electron chi connectivity index (χ3n) is 8.17. The number of nitrogens with zero attached hydrogens (tertiary/aromatic N) is 1. The first kappa shape index (κ1) is 36.4. The van der Waals surface area contributed by atoms with Crippen LogP contribution in [0.15, 0.2) is 89.5 Å². The number of fused-ring (bicyclic) bond motifs is 1. The van der Waals surface area contributed by atoms with Crippen LogP contribution in [0.5, 0.6) is 0 Å². The van der Waals surface area contributed by atoms with Gasteiger partial charge in [0.2, 0.25) is 5.91 Å². The number of rotatable bonds is 13. The molecule has 1 aromatic heterocycles. The molecule has 0 radical (unpaired) electrons. The summed E-state index contributed by atoms with van der Waals surface area (Å²) in [5.74, 6) is -1.50. The number of aryl methyl sites for hydroxylation is 1. The molecule has 0 fully saturated rings. The molecule has 9 nitrogen and oxygen atoms in total. The van der Waals surface area contributed by atoms with Gasteiger partial charge in [-0.25, -0.2) is 4.79 Å². The Kier molecular flexibility index (Phi) is 12.5. The van der Waals surface area contributed by atoms with Gasteiger partial charge in [-0.1, -0.05) is 43.3 Å². The van der Waals surface area contributed by atoms with Crippen molar-refractivity contribution < 1.29 is 23.9 Å². The summed E-state index contributed by atoms with van der Waals surface area (Å²) in [4.78, 5) is 57.2. The second-order valence-electron chi connectivity index (χ2n) is 12.0. The fourth-order valence-electron chi connectivity index (χ4n) is 5.58. The highest BCUT2D eigenvalue weighted by Crippen LogP contribution is 2.39. The van der Waals surface area contributed by atoms with Gasteiger partial charge in [0.1, 0.15) is 10.7 Å². The lowest BCUT2D eigenvalue weighted by atomic mass is 9.95. The monoisotopic (exact) mass is 710 g/mol. The second kappa shape index (κ2) is 17.2. The first-order chi connectivity index (χ1) is 24.2. The second-order valence-corrected chi connectivity index (χ2v) is 14.4. The maximum Gasteiger partial charge on any atom is 0.341 e. The van der Waals surface area contributed by atoms with E-state index in [1.807, 2.05) is 62.3 Å². The lowest BCUT2D eigenvalue weighted by Gasteiger charge is -2.16. The Morgan fingerprint density at radius 3 is 2.36 bits per heavy atom. The topological polar surface area (TPSA) is 117 Å². The molecule has 260 valence electrons. The van der Waals surface area contributed by atoms with Gasteiger partial charge in [0.05, 0.1) is 17.4 Å². The highest BCUT2D eigenvalue weighted by molar-refractivity contribution is 8.00. The van der Waals surface area contributed by atoms with Gasteiger partial charge in [-0.2, -0.15) is 0 Å². The van der Waals surface area contributed by atoms with E-state index in [0.717, 1.165) is 52.3 Å². The number of thiophene rings is 1. The molecule has 1 aliphatic rings. The van der Waals surface area contributed by atoms with Crippen molar-refractivity contribution in [2.45, 2.75) is 56.1 Å². The highest BCUT2D eigenvalue weighted by atomic mass is 32.2. The first-order valence-electron chi connectivity index (χ1n) is 16.7. The summed E-state index contributed by atoms with van der Waals surface area (Å²) in [7, 11) is 3.90. The molecule has 0 saturated heterocycles. The van der Waals surface area contributed by atoms with Crippen molar-refractivity contribution in [2.75, 3.05) is 36.2 Å². The van der Waals surface area contributed by atoms with Crippen LogP contribution in [0, 0.1) is 0 Å². The smallest absolute Gasteiger partial charge is 0.341 e. The van der Waals surface area contributed by atoms with Gasteiger partial charge < -0.3 is 25.6 Å². The van der Waals surface area contributed by atoms with Crippen LogP contribution in [0.1, 0.15) is 69.8 Å². The van der Waals surface area contributed by atoms with Crippen LogP contribution in [0.2, 0.25) is 0 Å². The molecule has 3 aromatic carbocycles. The van der Waals surface area contributed by atoms with Crippen molar-refractivity contribution in [3.63, 3.8) is 0 Å². The number of ether oxygens (including phenoxy) is 1. The molecule has 4 aromatic rings. The molecule has 50 heavy (non-hydrogen) atoms. The lowest BCUT2D eigenvalue weighted by molar-refractivity contribution is -0.116. The maximum atomic E-state index is 13.7. The van der Waals surface area contributed by atoms with E-state index in [9.17, 15) is 19.2 Å². The van der Waals surface area contributed by atoms with E-state index in [1.54, 1.807) is 55.5 Å². The third-order valence-corrected chi connectivity index (χ3v) is 10.7. The number of nitrogens with one attached hydrogen (secondary N) is 3. The fourth-order valence-corrected chi connectivity index (χ4v) is 7.87. The predicted octanol–water partition coefficient (Wildman–Crippen LogP) is 7.79. The number of thioether (sulfide) groups is 1. The average Bonchev–Trinajstić information content (AvgIpc) is 3.48. The van der Waals surface area contributed by atoms with Crippen LogP contribution in [0.25, 0.3) is 6.08 Å². The minimum Gasteiger partial charge on any atom is -0.462 e. The zero-order chi connectivity index (χ0) is 35.6. The molecule has 5 rings (SSSR count). The molecule has 0 spiro atoms. The molecule has 3 N–H and O–H groups in total. The minimum absolute atomic E-state index is 0.0800. The van der Waals surface area contributed by atoms with Crippen LogP contribution in [0.4, 0.5) is 16.4 Å². The molecule has 1 unspecified atom stereocenters. The Bertz CT molecular complexity index is 1870. The summed E-state index contributed by atoms with van der Waals surface area (Å²) >= 11 is 2.84. The molecule has 0 saturated carbocycles. The number of carbonyl (C=O) groups excluding carboxylic acids is 4. The van der Waals surface area contributed by atoms with Gasteiger partial charge in [0.25, 0.3) is 11.8 Å². The summed E-state index contributed by atoms with van der Waals surface area (Å²) < 4.78 is 5.36. The molecule has 0 aliphatic heterocycles. The van der Waals surface area contributed by atoms with E-state index in [1.165, 1.54) is 23.1 Å². The van der Waals surface area contributed by atoms with E-state index in [-0.39, 0.29) is 18.2 Å². The number of benzene rings is 3. The van der Waals surface area contributed by atoms with Crippen molar-refractivity contribution in [1.82, 2.24) is 5.32 Å². The van der Waals surface area contributed by atoms with Gasteiger partial charge in [0.15, 0.2) is 0 Å². The number of hydrogen-bond donors (Lipinski definition) is 3. The molecule has 1 heterocycles. The van der Waals surface area contributed by atoms with Crippen LogP contribution in [-0.4, -0.2) is 49.6 Å². The maximum absolute atomic E-state index is 13.7. The zero-order valence-electron chi connectivity index (χ0n) is 28.7. The molecule has 1 atom stereocenters. The largest absolute Gasteiger partial charge is 0.462 e. The third kappa shape index (κ3) is 9.22. The highest BCUT2D eigenvalue weighted by Gasteiger charge is 2.29. The Morgan fingerprint density at radius 1 is 0.920 bits per heavy atom. The molecule has 1 aliphatic carbocycles. The van der Waals surface area contributed by atoms with Crippen LogP contribution >= 0.6 is 23.1 Å². The molecular weight excluding hydrogens is 669 g/mol. The minimum atomic E-state index is -0.494. The number of esters is 1. The number of anilines is 3. The molecule has 0 bridgehead atoms. The van der Waals surface area contributed by atoms with E-state index in [4.69, 9.17) is 4.74 Å². The van der Waals surface area contributed by atoms with Crippen molar-refractivity contribution in [1.29, 1.82) is 0 Å². The van der Waals surface area contributed by atoms with E-state index < -0.39 is 23.0 Å². The van der Waals surface area contributed by atoms with Crippen molar-refractivity contribution >= 4 is 69.2 Å². The molecule has 3 amide bonds. The quantitative estimate of drug-likeness (QED) is 0.0737. The Balaban J connectivity index is 1.32. The Labute approximate surface area is 301 Å². The van der Waals surface area contributed by atoms with Gasteiger partial charge in [-0.05, 0) is 98.7 Å². The predicted molar refractivity (Wildman–Crippen MR) is 203 cm³/mol. The van der Waals surface area contributed by atoms with Gasteiger partial charge in [0, 0.05) is 40.8 Å². The number of amides is 3. The van der Waals surface area contributed by atoms with Crippen LogP contribution < -0.4 is 20.9 Å². The van der Waals surface area contributed by atoms with Crippen LogP contribution in [0.3, 0.4) is 0 Å². The van der Waals surface area contributed by atoms with Gasteiger partial charge in [-0.3, -0.25) is 14.4 Å². The summed E-state index contributed by atoms with van der Waals surface area (Å²) in [6.45, 7) is 3.97. The normalized spacial score (nSPS) is 13.1. The van der Waals surface area contributed by atoms with E-state index in [0.29, 0.717) is 28.2 Å². The van der Waals surface area contributed by atoms with Crippen molar-refractivity contribution in [3.8, 4) is 0 Å². The van der Waals surface area contributed by atoms with Crippen molar-refractivity contribution in [3.05, 3.63) is 112 Å². The fraction of sp³-hybridized carbons (Fsp3) is 0.282.